The zero-order chi connectivity index (χ0) is 16.6. The fourth-order valence-corrected chi connectivity index (χ4v) is 2.82. The van der Waals surface area contributed by atoms with Gasteiger partial charge in [-0.3, -0.25) is 0 Å². The average Bonchev–Trinajstić information content (AvgIpc) is 3.07. The molecule has 5 heteroatoms. The van der Waals surface area contributed by atoms with E-state index in [-0.39, 0.29) is 17.1 Å². The van der Waals surface area contributed by atoms with E-state index in [2.05, 4.69) is 63.5 Å². The smallest absolute Gasteiger partial charge is 0.182 e. The number of hydrogen-bond donors (Lipinski definition) is 0. The van der Waals surface area contributed by atoms with Crippen LogP contribution >= 0.6 is 0 Å². The Kier molecular flexibility index (Phi) is 10.2. The molecule has 0 fully saturated rings. The molecule has 0 heterocycles. The monoisotopic (exact) mass is 390 g/mol. The van der Waals surface area contributed by atoms with Crippen LogP contribution in [0.1, 0.15) is 11.1 Å². The van der Waals surface area contributed by atoms with E-state index in [0.717, 1.165) is 13.2 Å². The molecule has 0 radical (unpaired) electrons. The minimum absolute atomic E-state index is 0. The van der Waals surface area contributed by atoms with Crippen molar-refractivity contribution in [3.8, 4) is 0 Å². The molecule has 0 unspecified atom stereocenters. The molecule has 0 saturated carbocycles. The van der Waals surface area contributed by atoms with Crippen molar-refractivity contribution in [3.05, 3.63) is 59.7 Å². The van der Waals surface area contributed by atoms with E-state index in [0.29, 0.717) is 0 Å². The predicted molar refractivity (Wildman–Crippen MR) is 100 cm³/mol. The van der Waals surface area contributed by atoms with Crippen molar-refractivity contribution in [2.24, 2.45) is 0 Å². The maximum Gasteiger partial charge on any atom is 0.182 e. The summed E-state index contributed by atoms with van der Waals surface area (Å²) >= 11 is 0. The van der Waals surface area contributed by atoms with E-state index in [1.54, 1.807) is 0 Å². The largest absolute Gasteiger partial charge is 0.747 e. The van der Waals surface area contributed by atoms with Crippen LogP contribution in [0.5, 0.6) is 0 Å². The first-order valence-electron chi connectivity index (χ1n) is 7.85. The Labute approximate surface area is 154 Å². The molecule has 0 aromatic heterocycles. The summed E-state index contributed by atoms with van der Waals surface area (Å²) in [6.45, 7) is 14.8. The summed E-state index contributed by atoms with van der Waals surface area (Å²) in [4.78, 5) is 0. The van der Waals surface area contributed by atoms with Gasteiger partial charge in [-0.15, -0.1) is 12.2 Å². The zero-order valence-corrected chi connectivity index (χ0v) is 18.3. The second-order valence-electron chi connectivity index (χ2n) is 7.39. The van der Waals surface area contributed by atoms with Crippen LogP contribution in [0.2, 0.25) is 39.3 Å². The van der Waals surface area contributed by atoms with Gasteiger partial charge in [-0.2, -0.15) is 12.1 Å². The molecule has 23 heavy (non-hydrogen) atoms. The van der Waals surface area contributed by atoms with Crippen LogP contribution in [0.25, 0.3) is 0 Å². The molecule has 0 bridgehead atoms. The van der Waals surface area contributed by atoms with Crippen molar-refractivity contribution < 1.29 is 25.9 Å². The second-order valence-corrected chi connectivity index (χ2v) is 16.4. The Bertz CT molecular complexity index is 446. The Balaban J connectivity index is 0.000000403. The Morgan fingerprint density at radius 2 is 1.22 bits per heavy atom. The summed E-state index contributed by atoms with van der Waals surface area (Å²) in [5.41, 5.74) is 2.57. The SMILES string of the molecule is C[Si](C)(C)OC[c-]1[cH-][cH-][cH-][cH-]1.C[Si](C)(C)OC[c-]1cccc1.[Fe]. The molecule has 0 N–H and O–H groups in total. The molecule has 0 saturated heterocycles. The van der Waals surface area contributed by atoms with Gasteiger partial charge >= 0.3 is 0 Å². The topological polar surface area (TPSA) is 18.5 Å². The maximum absolute atomic E-state index is 5.71. The first kappa shape index (κ1) is 22.6. The minimum atomic E-state index is -1.31. The summed E-state index contributed by atoms with van der Waals surface area (Å²) in [7, 11) is -2.63. The first-order valence-corrected chi connectivity index (χ1v) is 14.7. The fraction of sp³-hybridized carbons (Fsp3) is 0.444. The van der Waals surface area contributed by atoms with Gasteiger partial charge in [0.2, 0.25) is 0 Å². The van der Waals surface area contributed by atoms with E-state index < -0.39 is 16.6 Å². The first-order chi connectivity index (χ1) is 10.2. The van der Waals surface area contributed by atoms with Crippen LogP contribution in [0.3, 0.4) is 0 Å². The van der Waals surface area contributed by atoms with Crippen molar-refractivity contribution in [3.63, 3.8) is 0 Å². The molecule has 0 amide bonds. The standard InChI is InChI=1S/2C9H15OSi.Fe/c2*1-11(2,3)10-8-9-6-4-5-7-9;/h2*4-7H,8H2,1-3H3;/q-5;-1;. The van der Waals surface area contributed by atoms with Crippen LogP contribution in [0.15, 0.2) is 48.5 Å². The minimum Gasteiger partial charge on any atom is -0.747 e. The van der Waals surface area contributed by atoms with Gasteiger partial charge in [-0.25, -0.2) is 12.1 Å². The summed E-state index contributed by atoms with van der Waals surface area (Å²) < 4.78 is 11.4. The molecule has 0 aliphatic heterocycles. The fourth-order valence-electron chi connectivity index (χ4n) is 1.62. The van der Waals surface area contributed by atoms with Crippen LogP contribution in [0, 0.1) is 0 Å². The molecular formula is C18H30FeO2Si2-6. The van der Waals surface area contributed by atoms with E-state index in [4.69, 9.17) is 8.85 Å². The molecule has 2 rings (SSSR count). The third kappa shape index (κ3) is 12.6. The van der Waals surface area contributed by atoms with Crippen molar-refractivity contribution in [1.82, 2.24) is 0 Å². The van der Waals surface area contributed by atoms with Gasteiger partial charge < -0.3 is 38.7 Å². The van der Waals surface area contributed by atoms with E-state index in [9.17, 15) is 0 Å². The molecular weight excluding hydrogens is 360 g/mol. The normalized spacial score (nSPS) is 11.4. The van der Waals surface area contributed by atoms with Crippen LogP contribution in [-0.4, -0.2) is 16.6 Å². The number of rotatable bonds is 6. The summed E-state index contributed by atoms with van der Waals surface area (Å²) in [5, 5.41) is 0. The molecule has 2 aromatic rings. The molecule has 0 atom stereocenters. The Hall–Kier alpha value is -0.427. The second kappa shape index (κ2) is 10.4. The molecule has 0 aliphatic carbocycles. The maximum atomic E-state index is 5.71. The van der Waals surface area contributed by atoms with Gasteiger partial charge in [0, 0.05) is 23.7 Å². The van der Waals surface area contributed by atoms with Crippen molar-refractivity contribution >= 4 is 16.6 Å². The van der Waals surface area contributed by atoms with Crippen LogP contribution in [-0.2, 0) is 39.1 Å². The molecule has 136 valence electrons. The third-order valence-electron chi connectivity index (χ3n) is 2.81. The van der Waals surface area contributed by atoms with Gasteiger partial charge in [0.15, 0.2) is 16.6 Å². The van der Waals surface area contributed by atoms with Gasteiger partial charge in [-0.1, -0.05) is 0 Å². The van der Waals surface area contributed by atoms with Crippen molar-refractivity contribution in [2.45, 2.75) is 52.5 Å². The van der Waals surface area contributed by atoms with Gasteiger partial charge in [-0.05, 0) is 39.3 Å². The van der Waals surface area contributed by atoms with E-state index >= 15 is 0 Å². The van der Waals surface area contributed by atoms with Crippen LogP contribution in [0.4, 0.5) is 0 Å². The number of hydrogen-bond acceptors (Lipinski definition) is 2. The molecule has 2 aromatic carbocycles. The average molecular weight is 390 g/mol. The third-order valence-corrected chi connectivity index (χ3v) is 4.83. The Morgan fingerprint density at radius 1 is 0.783 bits per heavy atom. The van der Waals surface area contributed by atoms with Crippen LogP contribution < -0.4 is 0 Å². The molecule has 0 aliphatic rings. The molecule has 0 spiro atoms. The molecule has 2 nitrogen and oxygen atoms in total. The van der Waals surface area contributed by atoms with Gasteiger partial charge in [0.05, 0.1) is 0 Å². The predicted octanol–water partition coefficient (Wildman–Crippen LogP) is 5.51. The van der Waals surface area contributed by atoms with Gasteiger partial charge in [0.25, 0.3) is 0 Å². The summed E-state index contributed by atoms with van der Waals surface area (Å²) in [5.74, 6) is 0. The summed E-state index contributed by atoms with van der Waals surface area (Å²) in [6, 6.07) is 16.6. The zero-order valence-electron chi connectivity index (χ0n) is 15.2. The van der Waals surface area contributed by atoms with Gasteiger partial charge in [0.1, 0.15) is 0 Å². The summed E-state index contributed by atoms with van der Waals surface area (Å²) in [6.07, 6.45) is 0. The quantitative estimate of drug-likeness (QED) is 0.478. The van der Waals surface area contributed by atoms with Crippen molar-refractivity contribution in [1.29, 1.82) is 0 Å². The van der Waals surface area contributed by atoms with E-state index in [1.807, 2.05) is 24.3 Å². The van der Waals surface area contributed by atoms with Crippen molar-refractivity contribution in [2.75, 3.05) is 0 Å². The van der Waals surface area contributed by atoms with E-state index in [1.165, 1.54) is 11.1 Å². The Morgan fingerprint density at radius 3 is 1.65 bits per heavy atom.